The summed E-state index contributed by atoms with van der Waals surface area (Å²) in [7, 11) is 0. The van der Waals surface area contributed by atoms with E-state index in [1.165, 1.54) is 50.8 Å². The number of imidazole rings is 1. The fourth-order valence-corrected chi connectivity index (χ4v) is 4.16. The highest BCUT2D eigenvalue weighted by Crippen LogP contribution is 2.50. The molecule has 2 aliphatic carbocycles. The maximum Gasteiger partial charge on any atom is 0.0948 e. The van der Waals surface area contributed by atoms with Crippen LogP contribution in [0.3, 0.4) is 0 Å². The summed E-state index contributed by atoms with van der Waals surface area (Å²) >= 11 is 0. The van der Waals surface area contributed by atoms with Gasteiger partial charge in [-0.3, -0.25) is 0 Å². The highest BCUT2D eigenvalue weighted by atomic mass is 15.1. The predicted molar refractivity (Wildman–Crippen MR) is 80.6 cm³/mol. The van der Waals surface area contributed by atoms with Crippen LogP contribution in [0.15, 0.2) is 12.5 Å². The minimum Gasteiger partial charge on any atom is -0.334 e. The van der Waals surface area contributed by atoms with E-state index >= 15 is 0 Å². The Morgan fingerprint density at radius 2 is 1.90 bits per heavy atom. The van der Waals surface area contributed by atoms with Gasteiger partial charge in [-0.2, -0.15) is 0 Å². The van der Waals surface area contributed by atoms with Gasteiger partial charge in [0.2, 0.25) is 0 Å². The van der Waals surface area contributed by atoms with Crippen molar-refractivity contribution in [3.63, 3.8) is 0 Å². The topological polar surface area (TPSA) is 29.9 Å². The Hall–Kier alpha value is -0.830. The third-order valence-electron chi connectivity index (χ3n) is 5.90. The van der Waals surface area contributed by atoms with Gasteiger partial charge in [-0.1, -0.05) is 6.92 Å². The molecule has 3 fully saturated rings. The van der Waals surface area contributed by atoms with Crippen LogP contribution in [-0.2, 0) is 12.0 Å². The molecule has 0 aromatic carbocycles. The van der Waals surface area contributed by atoms with E-state index in [4.69, 9.17) is 0 Å². The van der Waals surface area contributed by atoms with Crippen molar-refractivity contribution in [3.8, 4) is 0 Å². The average molecular weight is 273 g/mol. The molecule has 0 radical (unpaired) electrons. The van der Waals surface area contributed by atoms with Crippen LogP contribution in [-0.4, -0.2) is 22.6 Å². The maximum absolute atomic E-state index is 4.50. The van der Waals surface area contributed by atoms with E-state index in [9.17, 15) is 0 Å². The van der Waals surface area contributed by atoms with Crippen LogP contribution in [0.1, 0.15) is 51.1 Å². The largest absolute Gasteiger partial charge is 0.334 e. The third kappa shape index (κ3) is 2.41. The second kappa shape index (κ2) is 4.87. The predicted octanol–water partition coefficient (Wildman–Crippen LogP) is 2.96. The molecule has 2 heterocycles. The van der Waals surface area contributed by atoms with Gasteiger partial charge in [-0.05, 0) is 69.4 Å². The van der Waals surface area contributed by atoms with Gasteiger partial charge in [0, 0.05) is 23.9 Å². The summed E-state index contributed by atoms with van der Waals surface area (Å²) in [6.45, 7) is 5.96. The van der Waals surface area contributed by atoms with Crippen LogP contribution < -0.4 is 5.32 Å². The molecule has 0 bridgehead atoms. The van der Waals surface area contributed by atoms with E-state index in [1.807, 2.05) is 0 Å². The lowest BCUT2D eigenvalue weighted by atomic mass is 9.78. The molecule has 20 heavy (non-hydrogen) atoms. The zero-order chi connectivity index (χ0) is 13.6. The fourth-order valence-electron chi connectivity index (χ4n) is 4.16. The smallest absolute Gasteiger partial charge is 0.0948 e. The van der Waals surface area contributed by atoms with Crippen molar-refractivity contribution in [2.24, 2.45) is 17.8 Å². The van der Waals surface area contributed by atoms with Crippen molar-refractivity contribution >= 4 is 0 Å². The normalized spacial score (nSPS) is 26.1. The standard InChI is InChI=1S/C17H27N3/c1-17(6-8-18-9-7-17)16-10-19-12-20(16)11-15(13-2-3-13)14-4-5-14/h10,12-15,18H,2-9,11H2,1H3. The minimum atomic E-state index is 0.333. The Balaban J connectivity index is 1.54. The van der Waals surface area contributed by atoms with Gasteiger partial charge >= 0.3 is 0 Å². The summed E-state index contributed by atoms with van der Waals surface area (Å²) in [5.41, 5.74) is 1.82. The molecule has 0 atom stereocenters. The van der Waals surface area contributed by atoms with Gasteiger partial charge in [0.15, 0.2) is 0 Å². The lowest BCUT2D eigenvalue weighted by molar-refractivity contribution is 0.293. The van der Waals surface area contributed by atoms with Crippen LogP contribution >= 0.6 is 0 Å². The molecule has 1 aliphatic heterocycles. The van der Waals surface area contributed by atoms with Crippen LogP contribution in [0.2, 0.25) is 0 Å². The monoisotopic (exact) mass is 273 g/mol. The number of nitrogens with zero attached hydrogens (tertiary/aromatic N) is 2. The Labute approximate surface area is 122 Å². The van der Waals surface area contributed by atoms with E-state index < -0.39 is 0 Å². The summed E-state index contributed by atoms with van der Waals surface area (Å²) in [5.74, 6) is 2.99. The van der Waals surface area contributed by atoms with Crippen molar-refractivity contribution in [1.29, 1.82) is 0 Å². The van der Waals surface area contributed by atoms with E-state index in [0.29, 0.717) is 5.41 Å². The first kappa shape index (κ1) is 12.9. The molecule has 1 saturated heterocycles. The Morgan fingerprint density at radius 1 is 1.25 bits per heavy atom. The molecule has 4 rings (SSSR count). The van der Waals surface area contributed by atoms with Crippen molar-refractivity contribution in [2.75, 3.05) is 13.1 Å². The molecule has 1 aromatic heterocycles. The molecule has 3 aliphatic rings. The Morgan fingerprint density at radius 3 is 2.50 bits per heavy atom. The van der Waals surface area contributed by atoms with E-state index in [0.717, 1.165) is 30.8 Å². The first-order valence-corrected chi connectivity index (χ1v) is 8.48. The van der Waals surface area contributed by atoms with Crippen LogP contribution in [0, 0.1) is 17.8 Å². The number of aromatic nitrogens is 2. The summed E-state index contributed by atoms with van der Waals surface area (Å²) in [4.78, 5) is 4.50. The highest BCUT2D eigenvalue weighted by molar-refractivity contribution is 5.16. The number of nitrogens with one attached hydrogen (secondary N) is 1. The molecular weight excluding hydrogens is 246 g/mol. The van der Waals surface area contributed by atoms with Gasteiger partial charge in [0.05, 0.1) is 6.33 Å². The van der Waals surface area contributed by atoms with Crippen molar-refractivity contribution in [1.82, 2.24) is 14.9 Å². The van der Waals surface area contributed by atoms with Gasteiger partial charge < -0.3 is 9.88 Å². The molecule has 1 N–H and O–H groups in total. The van der Waals surface area contributed by atoms with Gasteiger partial charge in [0.1, 0.15) is 0 Å². The summed E-state index contributed by atoms with van der Waals surface area (Å²) in [6, 6.07) is 0. The summed E-state index contributed by atoms with van der Waals surface area (Å²) in [5, 5.41) is 3.49. The minimum absolute atomic E-state index is 0.333. The Bertz CT molecular complexity index is 452. The molecule has 0 amide bonds. The molecule has 110 valence electrons. The molecule has 2 saturated carbocycles. The molecule has 0 spiro atoms. The number of hydrogen-bond donors (Lipinski definition) is 1. The molecule has 0 unspecified atom stereocenters. The van der Waals surface area contributed by atoms with E-state index in [-0.39, 0.29) is 0 Å². The number of piperidine rings is 1. The average Bonchev–Trinajstić information content (AvgIpc) is 3.37. The van der Waals surface area contributed by atoms with E-state index in [2.05, 4.69) is 34.3 Å². The van der Waals surface area contributed by atoms with Gasteiger partial charge in [-0.25, -0.2) is 4.98 Å². The lowest BCUT2D eigenvalue weighted by Gasteiger charge is -2.35. The van der Waals surface area contributed by atoms with Crippen molar-refractivity contribution in [2.45, 2.75) is 57.4 Å². The maximum atomic E-state index is 4.50. The zero-order valence-electron chi connectivity index (χ0n) is 12.6. The molecular formula is C17H27N3. The molecule has 3 heteroatoms. The van der Waals surface area contributed by atoms with Crippen LogP contribution in [0.4, 0.5) is 0 Å². The lowest BCUT2D eigenvalue weighted by Crippen LogP contribution is -2.39. The summed E-state index contributed by atoms with van der Waals surface area (Å²) < 4.78 is 2.51. The van der Waals surface area contributed by atoms with Gasteiger partial charge in [-0.15, -0.1) is 0 Å². The van der Waals surface area contributed by atoms with Crippen molar-refractivity contribution < 1.29 is 0 Å². The SMILES string of the molecule is CC1(c2cncn2CC(C2CC2)C2CC2)CCNCC1. The zero-order valence-corrected chi connectivity index (χ0v) is 12.6. The van der Waals surface area contributed by atoms with Crippen molar-refractivity contribution in [3.05, 3.63) is 18.2 Å². The molecule has 3 nitrogen and oxygen atoms in total. The highest BCUT2D eigenvalue weighted by Gasteiger charge is 2.42. The quantitative estimate of drug-likeness (QED) is 0.894. The van der Waals surface area contributed by atoms with Crippen LogP contribution in [0.25, 0.3) is 0 Å². The number of hydrogen-bond acceptors (Lipinski definition) is 2. The Kier molecular flexibility index (Phi) is 3.13. The summed E-state index contributed by atoms with van der Waals surface area (Å²) in [6.07, 6.45) is 12.6. The van der Waals surface area contributed by atoms with Crippen LogP contribution in [0.5, 0.6) is 0 Å². The first-order valence-electron chi connectivity index (χ1n) is 8.48. The van der Waals surface area contributed by atoms with Gasteiger partial charge in [0.25, 0.3) is 0 Å². The fraction of sp³-hybridized carbons (Fsp3) is 0.824. The first-order chi connectivity index (χ1) is 9.76. The molecule has 1 aromatic rings. The second-order valence-corrected chi connectivity index (χ2v) is 7.58. The third-order valence-corrected chi connectivity index (χ3v) is 5.90. The van der Waals surface area contributed by atoms with E-state index in [1.54, 1.807) is 0 Å². The second-order valence-electron chi connectivity index (χ2n) is 7.58. The number of rotatable bonds is 5.